The maximum absolute atomic E-state index is 5.87. The van der Waals surface area contributed by atoms with E-state index in [0.717, 1.165) is 37.1 Å². The van der Waals surface area contributed by atoms with E-state index in [1.165, 1.54) is 16.4 Å². The molecular weight excluding hydrogens is 290 g/mol. The third-order valence-corrected chi connectivity index (χ3v) is 5.02. The van der Waals surface area contributed by atoms with Gasteiger partial charge in [0, 0.05) is 29.4 Å². The van der Waals surface area contributed by atoms with Gasteiger partial charge in [0.1, 0.15) is 11.9 Å². The number of rotatable bonds is 4. The Kier molecular flexibility index (Phi) is 4.33. The molecule has 3 heterocycles. The highest BCUT2D eigenvalue weighted by molar-refractivity contribution is 7.10. The molecule has 0 aromatic carbocycles. The van der Waals surface area contributed by atoms with E-state index in [2.05, 4.69) is 45.6 Å². The van der Waals surface area contributed by atoms with Gasteiger partial charge >= 0.3 is 0 Å². The molecule has 0 N–H and O–H groups in total. The Morgan fingerprint density at radius 1 is 1.50 bits per heavy atom. The van der Waals surface area contributed by atoms with Gasteiger partial charge in [-0.3, -0.25) is 0 Å². The summed E-state index contributed by atoms with van der Waals surface area (Å²) in [6.45, 7) is 6.92. The van der Waals surface area contributed by atoms with Gasteiger partial charge < -0.3 is 9.64 Å². The maximum Gasteiger partial charge on any atom is 0.205 e. The molecule has 0 saturated carbocycles. The fourth-order valence-electron chi connectivity index (χ4n) is 2.29. The molecule has 0 bridgehead atoms. The van der Waals surface area contributed by atoms with Gasteiger partial charge in [-0.25, -0.2) is 4.98 Å². The summed E-state index contributed by atoms with van der Waals surface area (Å²) in [6.07, 6.45) is 1.12. The first-order chi connectivity index (χ1) is 9.72. The number of thiophene rings is 1. The number of ether oxygens (including phenoxy) is 1. The lowest BCUT2D eigenvalue weighted by atomic mass is 10.1. The first-order valence-corrected chi connectivity index (χ1v) is 8.60. The van der Waals surface area contributed by atoms with Crippen LogP contribution in [0.5, 0.6) is 0 Å². The van der Waals surface area contributed by atoms with Gasteiger partial charge in [-0.05, 0) is 17.4 Å². The Labute approximate surface area is 127 Å². The lowest BCUT2D eigenvalue weighted by Gasteiger charge is -2.31. The Bertz CT molecular complexity index is 538. The summed E-state index contributed by atoms with van der Waals surface area (Å²) in [4.78, 5) is 8.27. The average Bonchev–Trinajstić information content (AvgIpc) is 3.09. The molecular formula is C14H19N3OS2. The molecule has 0 amide bonds. The van der Waals surface area contributed by atoms with Crippen molar-refractivity contribution >= 4 is 28.0 Å². The summed E-state index contributed by atoms with van der Waals surface area (Å²) in [6, 6.07) is 4.22. The predicted molar refractivity (Wildman–Crippen MR) is 83.7 cm³/mol. The molecule has 1 fully saturated rings. The van der Waals surface area contributed by atoms with E-state index in [0.29, 0.717) is 5.92 Å². The SMILES string of the molecule is CC(C)Cc1nsc(N2CCO[C@@H](c3cccs3)C2)n1. The number of nitrogens with zero attached hydrogens (tertiary/aromatic N) is 3. The molecule has 108 valence electrons. The average molecular weight is 309 g/mol. The van der Waals surface area contributed by atoms with Gasteiger partial charge in [-0.1, -0.05) is 19.9 Å². The molecule has 2 aromatic rings. The summed E-state index contributed by atoms with van der Waals surface area (Å²) in [5, 5.41) is 3.13. The zero-order valence-corrected chi connectivity index (χ0v) is 13.4. The van der Waals surface area contributed by atoms with Crippen LogP contribution in [0.4, 0.5) is 5.13 Å². The Balaban J connectivity index is 1.69. The standard InChI is InChI=1S/C14H19N3OS2/c1-10(2)8-13-15-14(20-16-13)17-5-6-18-11(9-17)12-4-3-7-19-12/h3-4,7,10-11H,5-6,8-9H2,1-2H3/t11-/m1/s1. The second-order valence-corrected chi connectivity index (χ2v) is 7.12. The molecule has 0 unspecified atom stereocenters. The molecule has 1 aliphatic heterocycles. The van der Waals surface area contributed by atoms with Crippen LogP contribution in [-0.4, -0.2) is 29.1 Å². The predicted octanol–water partition coefficient (Wildman–Crippen LogP) is 3.38. The molecule has 6 heteroatoms. The topological polar surface area (TPSA) is 38.2 Å². The van der Waals surface area contributed by atoms with E-state index in [-0.39, 0.29) is 6.10 Å². The first kappa shape index (κ1) is 14.0. The van der Waals surface area contributed by atoms with Crippen LogP contribution in [-0.2, 0) is 11.2 Å². The number of hydrogen-bond donors (Lipinski definition) is 0. The molecule has 3 rings (SSSR count). The van der Waals surface area contributed by atoms with Gasteiger partial charge in [0.15, 0.2) is 0 Å². The molecule has 1 aliphatic rings. The van der Waals surface area contributed by atoms with Crippen molar-refractivity contribution in [3.8, 4) is 0 Å². The number of aromatic nitrogens is 2. The summed E-state index contributed by atoms with van der Waals surface area (Å²) in [5.74, 6) is 1.57. The summed E-state index contributed by atoms with van der Waals surface area (Å²) < 4.78 is 10.3. The van der Waals surface area contributed by atoms with Crippen molar-refractivity contribution in [2.45, 2.75) is 26.4 Å². The van der Waals surface area contributed by atoms with Gasteiger partial charge in [-0.15, -0.1) is 11.3 Å². The van der Waals surface area contributed by atoms with E-state index in [1.807, 2.05) is 0 Å². The highest BCUT2D eigenvalue weighted by Crippen LogP contribution is 2.29. The quantitative estimate of drug-likeness (QED) is 0.868. The van der Waals surface area contributed by atoms with Crippen molar-refractivity contribution in [3.63, 3.8) is 0 Å². The molecule has 4 nitrogen and oxygen atoms in total. The van der Waals surface area contributed by atoms with E-state index in [9.17, 15) is 0 Å². The van der Waals surface area contributed by atoms with E-state index in [4.69, 9.17) is 4.74 Å². The van der Waals surface area contributed by atoms with Crippen LogP contribution >= 0.6 is 22.9 Å². The molecule has 0 radical (unpaired) electrons. The van der Waals surface area contributed by atoms with E-state index < -0.39 is 0 Å². The maximum atomic E-state index is 5.87. The van der Waals surface area contributed by atoms with Crippen molar-refractivity contribution in [2.75, 3.05) is 24.6 Å². The fraction of sp³-hybridized carbons (Fsp3) is 0.571. The van der Waals surface area contributed by atoms with E-state index in [1.54, 1.807) is 11.3 Å². The lowest BCUT2D eigenvalue weighted by Crippen LogP contribution is -2.38. The molecule has 1 atom stereocenters. The Morgan fingerprint density at radius 3 is 3.15 bits per heavy atom. The van der Waals surface area contributed by atoms with Crippen LogP contribution in [0.15, 0.2) is 17.5 Å². The van der Waals surface area contributed by atoms with Crippen LogP contribution in [0.2, 0.25) is 0 Å². The van der Waals surface area contributed by atoms with Gasteiger partial charge in [0.25, 0.3) is 0 Å². The highest BCUT2D eigenvalue weighted by atomic mass is 32.1. The van der Waals surface area contributed by atoms with Gasteiger partial charge in [0.2, 0.25) is 5.13 Å². The number of hydrogen-bond acceptors (Lipinski definition) is 6. The molecule has 1 saturated heterocycles. The Morgan fingerprint density at radius 2 is 2.40 bits per heavy atom. The molecule has 2 aromatic heterocycles. The van der Waals surface area contributed by atoms with Crippen molar-refractivity contribution < 1.29 is 4.74 Å². The third-order valence-electron chi connectivity index (χ3n) is 3.25. The zero-order valence-electron chi connectivity index (χ0n) is 11.8. The first-order valence-electron chi connectivity index (χ1n) is 6.95. The van der Waals surface area contributed by atoms with Gasteiger partial charge in [0.05, 0.1) is 13.2 Å². The van der Waals surface area contributed by atoms with Crippen LogP contribution in [0.25, 0.3) is 0 Å². The fourth-order valence-corrected chi connectivity index (χ4v) is 3.79. The zero-order chi connectivity index (χ0) is 13.9. The summed E-state index contributed by atoms with van der Waals surface area (Å²) in [5.41, 5.74) is 0. The highest BCUT2D eigenvalue weighted by Gasteiger charge is 2.25. The van der Waals surface area contributed by atoms with Crippen molar-refractivity contribution in [2.24, 2.45) is 5.92 Å². The second kappa shape index (κ2) is 6.20. The van der Waals surface area contributed by atoms with E-state index >= 15 is 0 Å². The van der Waals surface area contributed by atoms with Crippen LogP contribution in [0.3, 0.4) is 0 Å². The minimum absolute atomic E-state index is 0.168. The molecule has 0 spiro atoms. The monoisotopic (exact) mass is 309 g/mol. The normalized spacial score (nSPS) is 19.8. The number of anilines is 1. The smallest absolute Gasteiger partial charge is 0.205 e. The van der Waals surface area contributed by atoms with Gasteiger partial charge in [-0.2, -0.15) is 4.37 Å². The van der Waals surface area contributed by atoms with Crippen molar-refractivity contribution in [1.29, 1.82) is 0 Å². The van der Waals surface area contributed by atoms with Crippen LogP contribution < -0.4 is 4.90 Å². The lowest BCUT2D eigenvalue weighted by molar-refractivity contribution is 0.0421. The molecule has 0 aliphatic carbocycles. The van der Waals surface area contributed by atoms with Crippen LogP contribution in [0, 0.1) is 5.92 Å². The largest absolute Gasteiger partial charge is 0.369 e. The summed E-state index contributed by atoms with van der Waals surface area (Å²) >= 11 is 3.27. The summed E-state index contributed by atoms with van der Waals surface area (Å²) in [7, 11) is 0. The Hall–Kier alpha value is -0.980. The minimum atomic E-state index is 0.168. The number of morpholine rings is 1. The third kappa shape index (κ3) is 3.19. The molecule has 20 heavy (non-hydrogen) atoms. The van der Waals surface area contributed by atoms with Crippen molar-refractivity contribution in [3.05, 3.63) is 28.2 Å². The van der Waals surface area contributed by atoms with Crippen LogP contribution in [0.1, 0.15) is 30.7 Å². The van der Waals surface area contributed by atoms with Crippen molar-refractivity contribution in [1.82, 2.24) is 9.36 Å². The second-order valence-electron chi connectivity index (χ2n) is 5.41. The minimum Gasteiger partial charge on any atom is -0.369 e.